The van der Waals surface area contributed by atoms with E-state index >= 15 is 0 Å². The van der Waals surface area contributed by atoms with Crippen LogP contribution in [-0.4, -0.2) is 18.2 Å². The van der Waals surface area contributed by atoms with Gasteiger partial charge in [-0.2, -0.15) is 0 Å². The van der Waals surface area contributed by atoms with Crippen molar-refractivity contribution in [1.29, 1.82) is 0 Å². The fourth-order valence-corrected chi connectivity index (χ4v) is 2.24. The fourth-order valence-electron chi connectivity index (χ4n) is 2.24. The van der Waals surface area contributed by atoms with E-state index in [1.165, 1.54) is 12.8 Å². The first kappa shape index (κ1) is 12.3. The van der Waals surface area contributed by atoms with Crippen molar-refractivity contribution < 1.29 is 4.74 Å². The van der Waals surface area contributed by atoms with Gasteiger partial charge in [0.15, 0.2) is 0 Å². The Morgan fingerprint density at radius 3 is 2.76 bits per heavy atom. The number of aryl methyl sites for hydroxylation is 1. The Morgan fingerprint density at radius 1 is 1.53 bits per heavy atom. The highest BCUT2D eigenvalue weighted by molar-refractivity contribution is 5.43. The van der Waals surface area contributed by atoms with Crippen molar-refractivity contribution in [2.45, 2.75) is 31.9 Å². The molecule has 5 heteroatoms. The van der Waals surface area contributed by atoms with Crippen LogP contribution in [0.2, 0.25) is 0 Å². The van der Waals surface area contributed by atoms with Crippen LogP contribution in [-0.2, 0) is 4.74 Å². The van der Waals surface area contributed by atoms with Crippen molar-refractivity contribution in [3.05, 3.63) is 23.4 Å². The van der Waals surface area contributed by atoms with Gasteiger partial charge in [-0.25, -0.2) is 4.98 Å². The second-order valence-electron chi connectivity index (χ2n) is 4.67. The number of aromatic nitrogens is 1. The van der Waals surface area contributed by atoms with Crippen LogP contribution in [0.5, 0.6) is 0 Å². The Morgan fingerprint density at radius 2 is 2.24 bits per heavy atom. The fraction of sp³-hybridized carbons (Fsp3) is 0.583. The van der Waals surface area contributed by atoms with E-state index in [2.05, 4.69) is 10.4 Å². The summed E-state index contributed by atoms with van der Waals surface area (Å²) in [6.45, 7) is 1.99. The summed E-state index contributed by atoms with van der Waals surface area (Å²) < 4.78 is 5.55. The van der Waals surface area contributed by atoms with Crippen molar-refractivity contribution in [2.24, 2.45) is 11.8 Å². The molecule has 17 heavy (non-hydrogen) atoms. The minimum absolute atomic E-state index is 0.0610. The molecule has 0 radical (unpaired) electrons. The third kappa shape index (κ3) is 2.57. The lowest BCUT2D eigenvalue weighted by atomic mass is 9.98. The average Bonchev–Trinajstić information content (AvgIpc) is 3.13. The molecule has 2 atom stereocenters. The van der Waals surface area contributed by atoms with Gasteiger partial charge in [0.2, 0.25) is 0 Å². The molecule has 5 N–H and O–H groups in total. The van der Waals surface area contributed by atoms with Crippen LogP contribution in [0.1, 0.15) is 30.0 Å². The molecule has 0 bridgehead atoms. The third-order valence-electron chi connectivity index (χ3n) is 3.29. The molecule has 0 aromatic carbocycles. The van der Waals surface area contributed by atoms with Crippen molar-refractivity contribution in [3.8, 4) is 0 Å². The molecule has 94 valence electrons. The molecule has 1 aliphatic rings. The van der Waals surface area contributed by atoms with E-state index in [0.29, 0.717) is 11.7 Å². The first-order valence-corrected chi connectivity index (χ1v) is 5.88. The van der Waals surface area contributed by atoms with Gasteiger partial charge in [0.25, 0.3) is 0 Å². The van der Waals surface area contributed by atoms with E-state index in [1.807, 2.05) is 13.0 Å². The molecule has 0 saturated heterocycles. The van der Waals surface area contributed by atoms with E-state index in [0.717, 1.165) is 11.1 Å². The van der Waals surface area contributed by atoms with Gasteiger partial charge in [0, 0.05) is 18.9 Å². The molecular weight excluding hydrogens is 216 g/mol. The third-order valence-corrected chi connectivity index (χ3v) is 3.29. The molecule has 2 unspecified atom stereocenters. The Bertz CT molecular complexity index is 392. The quantitative estimate of drug-likeness (QED) is 0.522. The topological polar surface area (TPSA) is 86.2 Å². The summed E-state index contributed by atoms with van der Waals surface area (Å²) in [5, 5.41) is 0. The van der Waals surface area contributed by atoms with Crippen molar-refractivity contribution in [1.82, 2.24) is 10.4 Å². The number of ether oxygens (including phenoxy) is 1. The minimum Gasteiger partial charge on any atom is -0.383 e. The van der Waals surface area contributed by atoms with Crippen molar-refractivity contribution >= 4 is 5.82 Å². The van der Waals surface area contributed by atoms with Crippen molar-refractivity contribution in [2.75, 3.05) is 12.8 Å². The van der Waals surface area contributed by atoms with Gasteiger partial charge in [-0.1, -0.05) is 0 Å². The number of pyridine rings is 1. The van der Waals surface area contributed by atoms with Gasteiger partial charge < -0.3 is 10.5 Å². The molecule has 1 aromatic rings. The maximum absolute atomic E-state index is 5.92. The predicted molar refractivity (Wildman–Crippen MR) is 67.0 cm³/mol. The van der Waals surface area contributed by atoms with Crippen LogP contribution >= 0.6 is 0 Å². The highest BCUT2D eigenvalue weighted by Crippen LogP contribution is 2.40. The lowest BCUT2D eigenvalue weighted by Gasteiger charge is -2.26. The van der Waals surface area contributed by atoms with E-state index in [4.69, 9.17) is 16.3 Å². The van der Waals surface area contributed by atoms with Crippen LogP contribution in [0.15, 0.2) is 12.3 Å². The highest BCUT2D eigenvalue weighted by Gasteiger charge is 2.38. The van der Waals surface area contributed by atoms with Gasteiger partial charge in [-0.15, -0.1) is 0 Å². The maximum atomic E-state index is 5.92. The largest absolute Gasteiger partial charge is 0.383 e. The molecule has 1 heterocycles. The number of anilines is 1. The lowest BCUT2D eigenvalue weighted by Crippen LogP contribution is -2.39. The monoisotopic (exact) mass is 236 g/mol. The number of hydrogen-bond acceptors (Lipinski definition) is 5. The highest BCUT2D eigenvalue weighted by atomic mass is 16.5. The number of methoxy groups -OCH3 is 1. The molecule has 1 aliphatic carbocycles. The van der Waals surface area contributed by atoms with E-state index < -0.39 is 0 Å². The van der Waals surface area contributed by atoms with E-state index in [9.17, 15) is 0 Å². The molecule has 0 aliphatic heterocycles. The second-order valence-corrected chi connectivity index (χ2v) is 4.67. The van der Waals surface area contributed by atoms with Crippen LogP contribution in [0, 0.1) is 12.8 Å². The Labute approximate surface area is 102 Å². The number of nitrogens with one attached hydrogen (secondary N) is 1. The normalized spacial score (nSPS) is 19.0. The number of hydrazine groups is 1. The molecule has 1 fully saturated rings. The number of rotatable bonds is 5. The predicted octanol–water partition coefficient (Wildman–Crippen LogP) is 0.902. The zero-order chi connectivity index (χ0) is 12.4. The molecule has 0 spiro atoms. The van der Waals surface area contributed by atoms with Crippen LogP contribution < -0.4 is 17.0 Å². The van der Waals surface area contributed by atoms with Gasteiger partial charge in [-0.3, -0.25) is 11.3 Å². The lowest BCUT2D eigenvalue weighted by molar-refractivity contribution is 0.0508. The van der Waals surface area contributed by atoms with Gasteiger partial charge in [-0.05, 0) is 37.3 Å². The summed E-state index contributed by atoms with van der Waals surface area (Å²) in [6, 6.07) is 1.92. The molecule has 0 amide bonds. The van der Waals surface area contributed by atoms with Crippen LogP contribution in [0.4, 0.5) is 5.82 Å². The number of nitrogens with zero attached hydrogens (tertiary/aromatic N) is 1. The molecule has 1 saturated carbocycles. The smallest absolute Gasteiger partial charge is 0.128 e. The van der Waals surface area contributed by atoms with E-state index in [1.54, 1.807) is 13.3 Å². The molecule has 5 nitrogen and oxygen atoms in total. The molecule has 2 rings (SSSR count). The number of nitrogen functional groups attached to an aromatic ring is 1. The first-order valence-electron chi connectivity index (χ1n) is 5.88. The Hall–Kier alpha value is -1.17. The SMILES string of the molecule is COC(C1CC1)C(NN)c1cc(C)cnc1N. The maximum Gasteiger partial charge on any atom is 0.128 e. The summed E-state index contributed by atoms with van der Waals surface area (Å²) in [5.41, 5.74) is 10.7. The standard InChI is InChI=1S/C12H20N4O/c1-7-5-9(12(13)15-6-7)10(16-14)11(17-2)8-3-4-8/h5-6,8,10-11,16H,3-4,14H2,1-2H3,(H2,13,15). The first-order chi connectivity index (χ1) is 8.17. The second kappa shape index (κ2) is 5.00. The van der Waals surface area contributed by atoms with Crippen LogP contribution in [0.3, 0.4) is 0 Å². The zero-order valence-electron chi connectivity index (χ0n) is 10.3. The number of hydrogen-bond donors (Lipinski definition) is 3. The van der Waals surface area contributed by atoms with Crippen LogP contribution in [0.25, 0.3) is 0 Å². The van der Waals surface area contributed by atoms with E-state index in [-0.39, 0.29) is 12.1 Å². The zero-order valence-corrected chi connectivity index (χ0v) is 10.3. The Balaban J connectivity index is 2.29. The van der Waals surface area contributed by atoms with Gasteiger partial charge in [0.05, 0.1) is 12.1 Å². The summed E-state index contributed by atoms with van der Waals surface area (Å²) in [6.07, 6.45) is 4.20. The van der Waals surface area contributed by atoms with Gasteiger partial charge >= 0.3 is 0 Å². The number of nitrogens with two attached hydrogens (primary N) is 2. The molecular formula is C12H20N4O. The summed E-state index contributed by atoms with van der Waals surface area (Å²) in [5.74, 6) is 6.74. The van der Waals surface area contributed by atoms with Gasteiger partial charge in [0.1, 0.15) is 5.82 Å². The average molecular weight is 236 g/mol. The summed E-state index contributed by atoms with van der Waals surface area (Å²) in [7, 11) is 1.72. The summed E-state index contributed by atoms with van der Waals surface area (Å²) in [4.78, 5) is 4.17. The Kier molecular flexibility index (Phi) is 3.61. The minimum atomic E-state index is -0.0973. The summed E-state index contributed by atoms with van der Waals surface area (Å²) >= 11 is 0. The van der Waals surface area contributed by atoms with Crippen molar-refractivity contribution in [3.63, 3.8) is 0 Å². The molecule has 1 aromatic heterocycles.